The molecule has 2 rings (SSSR count). The summed E-state index contributed by atoms with van der Waals surface area (Å²) < 4.78 is 1.77. The number of hydrogen-bond acceptors (Lipinski definition) is 3. The number of hydrogen-bond donors (Lipinski definition) is 1. The Kier molecular flexibility index (Phi) is 2.02. The second-order valence-corrected chi connectivity index (χ2v) is 3.77. The van der Waals surface area contributed by atoms with Crippen LogP contribution in [0.15, 0.2) is 0 Å². The fourth-order valence-electron chi connectivity index (χ4n) is 1.72. The molecule has 0 spiro atoms. The Labute approximate surface area is 81.7 Å². The number of carboxylic acid groups (broad SMARTS) is 1. The van der Waals surface area contributed by atoms with Crippen molar-refractivity contribution in [1.29, 1.82) is 0 Å². The van der Waals surface area contributed by atoms with E-state index in [-0.39, 0.29) is 5.69 Å². The fraction of sp³-hybridized carbons (Fsp3) is 0.667. The van der Waals surface area contributed by atoms with Crippen LogP contribution in [0.3, 0.4) is 0 Å². The minimum atomic E-state index is -0.985. The number of nitrogens with zero attached hydrogens (tertiary/aromatic N) is 3. The van der Waals surface area contributed by atoms with E-state index in [0.717, 1.165) is 12.1 Å². The molecule has 1 aliphatic rings. The van der Waals surface area contributed by atoms with Gasteiger partial charge in [0.05, 0.1) is 11.7 Å². The first-order chi connectivity index (χ1) is 6.65. The maximum Gasteiger partial charge on any atom is 0.358 e. The molecule has 1 aliphatic carbocycles. The zero-order chi connectivity index (χ0) is 10.3. The summed E-state index contributed by atoms with van der Waals surface area (Å²) in [5.41, 5.74) is 0.846. The van der Waals surface area contributed by atoms with Crippen molar-refractivity contribution >= 4 is 5.97 Å². The van der Waals surface area contributed by atoms with Crippen LogP contribution in [-0.2, 0) is 6.42 Å². The third-order valence-corrected chi connectivity index (χ3v) is 2.71. The predicted octanol–water partition coefficient (Wildman–Crippen LogP) is 1.12. The average molecular weight is 195 g/mol. The van der Waals surface area contributed by atoms with E-state index in [2.05, 4.69) is 17.2 Å². The second-order valence-electron chi connectivity index (χ2n) is 3.77. The number of aromatic carboxylic acids is 1. The maximum atomic E-state index is 10.8. The van der Waals surface area contributed by atoms with Crippen LogP contribution in [0.2, 0.25) is 0 Å². The first kappa shape index (κ1) is 9.18. The van der Waals surface area contributed by atoms with Crippen molar-refractivity contribution in [1.82, 2.24) is 15.0 Å². The molecule has 1 aromatic rings. The van der Waals surface area contributed by atoms with E-state index < -0.39 is 5.97 Å². The molecule has 1 aromatic heterocycles. The van der Waals surface area contributed by atoms with Gasteiger partial charge in [0, 0.05) is 0 Å². The van der Waals surface area contributed by atoms with Crippen molar-refractivity contribution in [3.05, 3.63) is 11.4 Å². The molecule has 1 heterocycles. The van der Waals surface area contributed by atoms with Gasteiger partial charge in [0.25, 0.3) is 0 Å². The molecule has 1 saturated carbocycles. The van der Waals surface area contributed by atoms with Crippen LogP contribution in [0.4, 0.5) is 0 Å². The van der Waals surface area contributed by atoms with Crippen molar-refractivity contribution in [3.63, 3.8) is 0 Å². The molecule has 0 saturated heterocycles. The van der Waals surface area contributed by atoms with Gasteiger partial charge in [-0.25, -0.2) is 9.48 Å². The summed E-state index contributed by atoms with van der Waals surface area (Å²) in [4.78, 5) is 10.8. The highest BCUT2D eigenvalue weighted by Crippen LogP contribution is 2.42. The molecule has 2 atom stereocenters. The Balaban J connectivity index is 2.37. The molecule has 0 amide bonds. The lowest BCUT2D eigenvalue weighted by molar-refractivity contribution is 0.0689. The third kappa shape index (κ3) is 1.29. The van der Waals surface area contributed by atoms with Crippen LogP contribution in [0, 0.1) is 5.92 Å². The molecule has 76 valence electrons. The minimum Gasteiger partial charge on any atom is -0.476 e. The van der Waals surface area contributed by atoms with E-state index in [1.807, 2.05) is 6.92 Å². The van der Waals surface area contributed by atoms with E-state index in [0.29, 0.717) is 18.4 Å². The van der Waals surface area contributed by atoms with Gasteiger partial charge in [0.1, 0.15) is 0 Å². The monoisotopic (exact) mass is 195 g/mol. The molecule has 0 aromatic carbocycles. The zero-order valence-corrected chi connectivity index (χ0v) is 8.27. The highest BCUT2D eigenvalue weighted by molar-refractivity contribution is 5.86. The van der Waals surface area contributed by atoms with Gasteiger partial charge in [0.15, 0.2) is 5.69 Å². The van der Waals surface area contributed by atoms with Gasteiger partial charge in [-0.1, -0.05) is 19.1 Å². The number of carbonyl (C=O) groups is 1. The Morgan fingerprint density at radius 2 is 2.36 bits per heavy atom. The van der Waals surface area contributed by atoms with Crippen LogP contribution < -0.4 is 0 Å². The van der Waals surface area contributed by atoms with E-state index in [1.54, 1.807) is 4.68 Å². The first-order valence-corrected chi connectivity index (χ1v) is 4.82. The maximum absolute atomic E-state index is 10.8. The highest BCUT2D eigenvalue weighted by Gasteiger charge is 2.37. The molecule has 0 radical (unpaired) electrons. The van der Waals surface area contributed by atoms with Gasteiger partial charge in [-0.3, -0.25) is 0 Å². The average Bonchev–Trinajstić information content (AvgIpc) is 2.72. The smallest absolute Gasteiger partial charge is 0.358 e. The molecule has 14 heavy (non-hydrogen) atoms. The standard InChI is InChI=1S/C9H13N3O2/c1-3-6-8(9(13)14)10-11-12(6)7-4-5(7)2/h5,7H,3-4H2,1-2H3,(H,13,14). The summed E-state index contributed by atoms with van der Waals surface area (Å²) in [5, 5.41) is 16.5. The van der Waals surface area contributed by atoms with Crippen molar-refractivity contribution in [2.24, 2.45) is 5.92 Å². The largest absolute Gasteiger partial charge is 0.476 e. The summed E-state index contributed by atoms with van der Waals surface area (Å²) in [7, 11) is 0. The number of rotatable bonds is 3. The van der Waals surface area contributed by atoms with Crippen molar-refractivity contribution in [2.75, 3.05) is 0 Å². The molecule has 0 aliphatic heterocycles. The first-order valence-electron chi connectivity index (χ1n) is 4.82. The van der Waals surface area contributed by atoms with E-state index >= 15 is 0 Å². The molecule has 0 bridgehead atoms. The molecular formula is C9H13N3O2. The van der Waals surface area contributed by atoms with Crippen molar-refractivity contribution < 1.29 is 9.90 Å². The topological polar surface area (TPSA) is 68.0 Å². The van der Waals surface area contributed by atoms with E-state index in [4.69, 9.17) is 5.11 Å². The van der Waals surface area contributed by atoms with Gasteiger partial charge in [-0.05, 0) is 18.8 Å². The van der Waals surface area contributed by atoms with E-state index in [9.17, 15) is 4.79 Å². The van der Waals surface area contributed by atoms with E-state index in [1.165, 1.54) is 0 Å². The summed E-state index contributed by atoms with van der Waals surface area (Å²) in [6, 6.07) is 0.366. The Bertz CT molecular complexity index is 372. The molecule has 5 heteroatoms. The lowest BCUT2D eigenvalue weighted by atomic mass is 10.2. The Morgan fingerprint density at radius 1 is 1.71 bits per heavy atom. The SMILES string of the molecule is CCc1c(C(=O)O)nnn1C1CC1C. The Morgan fingerprint density at radius 3 is 2.79 bits per heavy atom. The lowest BCUT2D eigenvalue weighted by Gasteiger charge is -2.02. The van der Waals surface area contributed by atoms with Gasteiger partial charge in [-0.2, -0.15) is 0 Å². The van der Waals surface area contributed by atoms with Crippen LogP contribution in [0.25, 0.3) is 0 Å². The zero-order valence-electron chi connectivity index (χ0n) is 8.27. The van der Waals surface area contributed by atoms with Crippen molar-refractivity contribution in [3.8, 4) is 0 Å². The molecule has 1 fully saturated rings. The third-order valence-electron chi connectivity index (χ3n) is 2.71. The van der Waals surface area contributed by atoms with Gasteiger partial charge in [0.2, 0.25) is 0 Å². The lowest BCUT2D eigenvalue weighted by Crippen LogP contribution is -2.06. The fourth-order valence-corrected chi connectivity index (χ4v) is 1.72. The summed E-state index contributed by atoms with van der Waals surface area (Å²) in [6.07, 6.45) is 1.74. The van der Waals surface area contributed by atoms with Gasteiger partial charge < -0.3 is 5.11 Å². The van der Waals surface area contributed by atoms with Crippen LogP contribution in [0.5, 0.6) is 0 Å². The molecule has 1 N–H and O–H groups in total. The normalized spacial score (nSPS) is 25.0. The molecule has 5 nitrogen and oxygen atoms in total. The molecular weight excluding hydrogens is 182 g/mol. The summed E-state index contributed by atoms with van der Waals surface area (Å²) >= 11 is 0. The quantitative estimate of drug-likeness (QED) is 0.784. The van der Waals surface area contributed by atoms with Crippen LogP contribution in [0.1, 0.15) is 42.5 Å². The van der Waals surface area contributed by atoms with Crippen LogP contribution >= 0.6 is 0 Å². The van der Waals surface area contributed by atoms with Gasteiger partial charge >= 0.3 is 5.97 Å². The highest BCUT2D eigenvalue weighted by atomic mass is 16.4. The number of aromatic nitrogens is 3. The van der Waals surface area contributed by atoms with Crippen molar-refractivity contribution in [2.45, 2.75) is 32.7 Å². The molecule has 2 unspecified atom stereocenters. The Hall–Kier alpha value is -1.39. The van der Waals surface area contributed by atoms with Crippen LogP contribution in [-0.4, -0.2) is 26.1 Å². The summed E-state index contributed by atoms with van der Waals surface area (Å²) in [6.45, 7) is 4.06. The minimum absolute atomic E-state index is 0.103. The van der Waals surface area contributed by atoms with Gasteiger partial charge in [-0.15, -0.1) is 5.10 Å². The summed E-state index contributed by atoms with van der Waals surface area (Å²) in [5.74, 6) is -0.384. The number of carboxylic acids is 1. The predicted molar refractivity (Wildman–Crippen MR) is 49.2 cm³/mol. The second kappa shape index (κ2) is 3.08.